The average molecular weight is 427 g/mol. The Kier molecular flexibility index (Phi) is 5.43. The summed E-state index contributed by atoms with van der Waals surface area (Å²) in [6, 6.07) is 2.01. The van der Waals surface area contributed by atoms with Crippen molar-refractivity contribution < 1.29 is 27.6 Å². The number of nitro groups is 1. The molecular weight excluding hydrogens is 421 g/mol. The number of alkyl halides is 3. The summed E-state index contributed by atoms with van der Waals surface area (Å²) >= 11 is 3.92. The van der Waals surface area contributed by atoms with Crippen LogP contribution in [0.15, 0.2) is 26.8 Å². The van der Waals surface area contributed by atoms with Gasteiger partial charge < -0.3 is 10.1 Å². The molecule has 24 heavy (non-hydrogen) atoms. The number of hydrogen-bond acceptors (Lipinski definition) is 7. The Morgan fingerprint density at radius 2 is 2.17 bits per heavy atom. The summed E-state index contributed by atoms with van der Waals surface area (Å²) in [4.78, 5) is 20.9. The van der Waals surface area contributed by atoms with Gasteiger partial charge in [0.25, 0.3) is 0 Å². The Balaban J connectivity index is 2.29. The molecule has 1 aromatic carbocycles. The number of rotatable bonds is 4. The van der Waals surface area contributed by atoms with E-state index in [9.17, 15) is 28.1 Å². The molecule has 1 N–H and O–H groups in total. The molecule has 0 saturated carbocycles. The fourth-order valence-corrected chi connectivity index (χ4v) is 2.73. The van der Waals surface area contributed by atoms with Crippen LogP contribution in [0.1, 0.15) is 5.56 Å². The second-order valence-corrected chi connectivity index (χ2v) is 5.96. The number of nitrogens with one attached hydrogen (secondary N) is 1. The summed E-state index contributed by atoms with van der Waals surface area (Å²) in [6.45, 7) is 0. The third kappa shape index (κ3) is 4.92. The van der Waals surface area contributed by atoms with Crippen molar-refractivity contribution in [3.63, 3.8) is 0 Å². The zero-order chi connectivity index (χ0) is 17.9. The van der Waals surface area contributed by atoms with E-state index in [-0.39, 0.29) is 26.9 Å². The van der Waals surface area contributed by atoms with Crippen LogP contribution in [0.3, 0.4) is 0 Å². The number of halogens is 4. The van der Waals surface area contributed by atoms with Crippen LogP contribution in [-0.2, 0) is 4.79 Å². The molecule has 0 radical (unpaired) electrons. The van der Waals surface area contributed by atoms with Crippen molar-refractivity contribution in [1.29, 1.82) is 0 Å². The number of amidine groups is 1. The van der Waals surface area contributed by atoms with Crippen molar-refractivity contribution in [2.24, 2.45) is 10.2 Å². The number of amides is 1. The summed E-state index contributed by atoms with van der Waals surface area (Å²) in [7, 11) is 0. The molecule has 1 fully saturated rings. The van der Waals surface area contributed by atoms with Gasteiger partial charge in [-0.2, -0.15) is 5.10 Å². The molecular formula is C11H6BrF3N4O4S. The first kappa shape index (κ1) is 18.2. The van der Waals surface area contributed by atoms with Gasteiger partial charge in [0.1, 0.15) is 0 Å². The van der Waals surface area contributed by atoms with Crippen LogP contribution in [0, 0.1) is 10.1 Å². The predicted molar refractivity (Wildman–Crippen MR) is 83.1 cm³/mol. The maximum atomic E-state index is 12.3. The fourth-order valence-electron chi connectivity index (χ4n) is 1.55. The molecule has 1 aliphatic rings. The third-order valence-electron chi connectivity index (χ3n) is 2.40. The van der Waals surface area contributed by atoms with Gasteiger partial charge in [0, 0.05) is 11.6 Å². The summed E-state index contributed by atoms with van der Waals surface area (Å²) in [5.74, 6) is -0.995. The first-order valence-electron chi connectivity index (χ1n) is 5.93. The summed E-state index contributed by atoms with van der Waals surface area (Å²) < 4.78 is 40.4. The fraction of sp³-hybridized carbons (Fsp3) is 0.182. The Bertz CT molecular complexity index is 754. The summed E-state index contributed by atoms with van der Waals surface area (Å²) in [5, 5.41) is 20.9. The molecule has 0 aliphatic carbocycles. The van der Waals surface area contributed by atoms with Crippen molar-refractivity contribution >= 4 is 50.7 Å². The number of nitrogens with zero attached hydrogens (tertiary/aromatic N) is 3. The van der Waals surface area contributed by atoms with Gasteiger partial charge in [0.15, 0.2) is 5.17 Å². The maximum absolute atomic E-state index is 12.3. The van der Waals surface area contributed by atoms with Gasteiger partial charge in [-0.25, -0.2) is 0 Å². The summed E-state index contributed by atoms with van der Waals surface area (Å²) in [5.41, 5.74) is -0.777. The van der Waals surface area contributed by atoms with Crippen LogP contribution in [0.25, 0.3) is 0 Å². The van der Waals surface area contributed by atoms with E-state index in [0.717, 1.165) is 30.1 Å². The Hall–Kier alpha value is -2.15. The van der Waals surface area contributed by atoms with Gasteiger partial charge in [-0.1, -0.05) is 11.8 Å². The van der Waals surface area contributed by atoms with Crippen molar-refractivity contribution in [2.45, 2.75) is 6.36 Å². The quantitative estimate of drug-likeness (QED) is 0.452. The van der Waals surface area contributed by atoms with Crippen LogP contribution in [0.4, 0.5) is 18.9 Å². The average Bonchev–Trinajstić information content (AvgIpc) is 2.85. The highest BCUT2D eigenvalue weighted by Crippen LogP contribution is 2.39. The number of carbonyl (C=O) groups is 1. The minimum atomic E-state index is -5.08. The molecule has 0 atom stereocenters. The lowest BCUT2D eigenvalue weighted by molar-refractivity contribution is -0.388. The van der Waals surface area contributed by atoms with Gasteiger partial charge >= 0.3 is 12.0 Å². The number of thioether (sulfide) groups is 1. The standard InChI is InChI=1S/C11H6BrF3N4O4S/c12-6-1-5(3-16-18-10-17-8(20)4-24-10)2-7(19(21)22)9(6)23-11(13,14)15/h1-3H,4H2,(H,17,18,20). The highest BCUT2D eigenvalue weighted by Gasteiger charge is 2.36. The van der Waals surface area contributed by atoms with Gasteiger partial charge in [-0.3, -0.25) is 14.9 Å². The van der Waals surface area contributed by atoms with E-state index in [0.29, 0.717) is 0 Å². The monoisotopic (exact) mass is 426 g/mol. The Morgan fingerprint density at radius 1 is 1.46 bits per heavy atom. The minimum Gasteiger partial charge on any atom is -0.397 e. The number of carbonyl (C=O) groups excluding carboxylic acids is 1. The molecule has 13 heteroatoms. The molecule has 0 unspecified atom stereocenters. The zero-order valence-corrected chi connectivity index (χ0v) is 13.7. The first-order valence-corrected chi connectivity index (χ1v) is 7.71. The van der Waals surface area contributed by atoms with E-state index in [2.05, 4.69) is 36.2 Å². The molecule has 128 valence electrons. The molecule has 2 rings (SSSR count). The summed E-state index contributed by atoms with van der Waals surface area (Å²) in [6.07, 6.45) is -3.99. The highest BCUT2D eigenvalue weighted by atomic mass is 79.9. The van der Waals surface area contributed by atoms with Crippen LogP contribution in [-0.4, -0.2) is 34.3 Å². The molecule has 0 spiro atoms. The van der Waals surface area contributed by atoms with E-state index in [1.807, 2.05) is 0 Å². The van der Waals surface area contributed by atoms with Crippen LogP contribution in [0.5, 0.6) is 5.75 Å². The van der Waals surface area contributed by atoms with Crippen LogP contribution in [0.2, 0.25) is 0 Å². The van der Waals surface area contributed by atoms with Gasteiger partial charge in [0.2, 0.25) is 11.7 Å². The highest BCUT2D eigenvalue weighted by molar-refractivity contribution is 9.10. The normalized spacial score (nSPS) is 16.7. The number of hydrogen-bond donors (Lipinski definition) is 1. The minimum absolute atomic E-state index is 0.113. The van der Waals surface area contributed by atoms with Crippen LogP contribution < -0.4 is 10.1 Å². The van der Waals surface area contributed by atoms with Crippen molar-refractivity contribution in [3.8, 4) is 5.75 Å². The number of nitro benzene ring substituents is 1. The van der Waals surface area contributed by atoms with Crippen molar-refractivity contribution in [2.75, 3.05) is 5.75 Å². The molecule has 8 nitrogen and oxygen atoms in total. The molecule has 0 aromatic heterocycles. The van der Waals surface area contributed by atoms with Gasteiger partial charge in [0.05, 0.1) is 21.4 Å². The van der Waals surface area contributed by atoms with E-state index in [4.69, 9.17) is 0 Å². The Morgan fingerprint density at radius 3 is 2.71 bits per heavy atom. The molecule has 0 bridgehead atoms. The molecule has 1 aromatic rings. The Labute approximate surface area is 144 Å². The van der Waals surface area contributed by atoms with E-state index >= 15 is 0 Å². The molecule has 1 amide bonds. The van der Waals surface area contributed by atoms with Crippen molar-refractivity contribution in [3.05, 3.63) is 32.3 Å². The SMILES string of the molecule is O=C1CSC(=NN=Cc2cc(Br)c(OC(F)(F)F)c([N+](=O)[O-])c2)N1. The second-order valence-electron chi connectivity index (χ2n) is 4.14. The van der Waals surface area contributed by atoms with Crippen LogP contribution >= 0.6 is 27.7 Å². The molecule has 1 aliphatic heterocycles. The molecule has 1 heterocycles. The zero-order valence-electron chi connectivity index (χ0n) is 11.3. The van der Waals surface area contributed by atoms with Gasteiger partial charge in [-0.05, 0) is 22.0 Å². The third-order valence-corrected chi connectivity index (χ3v) is 3.86. The number of benzene rings is 1. The lowest BCUT2D eigenvalue weighted by Gasteiger charge is -2.11. The van der Waals surface area contributed by atoms with Gasteiger partial charge in [-0.15, -0.1) is 18.3 Å². The maximum Gasteiger partial charge on any atom is 0.573 e. The lowest BCUT2D eigenvalue weighted by Crippen LogP contribution is -2.19. The second kappa shape index (κ2) is 7.17. The largest absolute Gasteiger partial charge is 0.573 e. The lowest BCUT2D eigenvalue weighted by atomic mass is 10.2. The predicted octanol–water partition coefficient (Wildman–Crippen LogP) is 2.81. The van der Waals surface area contributed by atoms with E-state index in [1.54, 1.807) is 0 Å². The first-order chi connectivity index (χ1) is 11.2. The smallest absolute Gasteiger partial charge is 0.397 e. The van der Waals surface area contributed by atoms with Crippen molar-refractivity contribution in [1.82, 2.24) is 5.32 Å². The van der Waals surface area contributed by atoms with E-state index in [1.165, 1.54) is 0 Å². The number of ether oxygens (including phenoxy) is 1. The topological polar surface area (TPSA) is 106 Å². The molecule has 1 saturated heterocycles. The van der Waals surface area contributed by atoms with E-state index < -0.39 is 22.7 Å².